The quantitative estimate of drug-likeness (QED) is 0.805. The molecule has 1 fully saturated rings. The number of para-hydroxylation sites is 1. The van der Waals surface area contributed by atoms with Gasteiger partial charge in [-0.25, -0.2) is 0 Å². The topological polar surface area (TPSA) is 54.7 Å². The van der Waals surface area contributed by atoms with Gasteiger partial charge in [-0.05, 0) is 26.0 Å². The Kier molecular flexibility index (Phi) is 5.78. The van der Waals surface area contributed by atoms with Gasteiger partial charge < -0.3 is 14.2 Å². The highest BCUT2D eigenvalue weighted by molar-refractivity contribution is 5.42. The molecule has 5 nitrogen and oxygen atoms in total. The van der Waals surface area contributed by atoms with E-state index in [1.54, 1.807) is 13.2 Å². The molecule has 1 saturated heterocycles. The number of rotatable bonds is 6. The fourth-order valence-electron chi connectivity index (χ4n) is 2.83. The van der Waals surface area contributed by atoms with Gasteiger partial charge in [-0.15, -0.1) is 0 Å². The van der Waals surface area contributed by atoms with E-state index in [-0.39, 0.29) is 11.7 Å². The van der Waals surface area contributed by atoms with Gasteiger partial charge in [0.05, 0.1) is 23.9 Å². The summed E-state index contributed by atoms with van der Waals surface area (Å²) in [6.45, 7) is 7.82. The molecule has 0 amide bonds. The second-order valence-electron chi connectivity index (χ2n) is 6.15. The highest BCUT2D eigenvalue weighted by atomic mass is 16.5. The SMILES string of the molecule is COC[C@@H]1CN(CCOc2ccccc2C#N)CC(C)(C)O1. The second-order valence-corrected chi connectivity index (χ2v) is 6.15. The predicted molar refractivity (Wildman–Crippen MR) is 83.9 cm³/mol. The summed E-state index contributed by atoms with van der Waals surface area (Å²) in [6.07, 6.45) is 0.0835. The van der Waals surface area contributed by atoms with Crippen LogP contribution in [-0.2, 0) is 9.47 Å². The van der Waals surface area contributed by atoms with Crippen LogP contribution >= 0.6 is 0 Å². The van der Waals surface area contributed by atoms with Crippen molar-refractivity contribution in [3.05, 3.63) is 29.8 Å². The van der Waals surface area contributed by atoms with Crippen molar-refractivity contribution in [1.29, 1.82) is 5.26 Å². The third-order valence-corrected chi connectivity index (χ3v) is 3.58. The maximum atomic E-state index is 9.06. The summed E-state index contributed by atoms with van der Waals surface area (Å²) in [5.74, 6) is 0.644. The molecule has 1 heterocycles. The number of nitrogens with zero attached hydrogens (tertiary/aromatic N) is 2. The van der Waals surface area contributed by atoms with Crippen molar-refractivity contribution in [2.45, 2.75) is 25.6 Å². The van der Waals surface area contributed by atoms with Crippen molar-refractivity contribution in [3.8, 4) is 11.8 Å². The van der Waals surface area contributed by atoms with Crippen LogP contribution in [0.1, 0.15) is 19.4 Å². The highest BCUT2D eigenvalue weighted by Crippen LogP contribution is 2.21. The van der Waals surface area contributed by atoms with Gasteiger partial charge in [0.25, 0.3) is 0 Å². The Bertz CT molecular complexity index is 525. The smallest absolute Gasteiger partial charge is 0.137 e. The molecular formula is C17H24N2O3. The normalized spacial score (nSPS) is 21.3. The van der Waals surface area contributed by atoms with Gasteiger partial charge in [0.1, 0.15) is 18.4 Å². The third-order valence-electron chi connectivity index (χ3n) is 3.58. The molecule has 1 aromatic carbocycles. The molecule has 0 spiro atoms. The lowest BCUT2D eigenvalue weighted by Gasteiger charge is -2.42. The molecule has 1 aliphatic heterocycles. The van der Waals surface area contributed by atoms with Crippen molar-refractivity contribution in [3.63, 3.8) is 0 Å². The zero-order chi connectivity index (χ0) is 16.0. The van der Waals surface area contributed by atoms with Gasteiger partial charge in [-0.2, -0.15) is 5.26 Å². The van der Waals surface area contributed by atoms with Crippen LogP contribution in [0.2, 0.25) is 0 Å². The van der Waals surface area contributed by atoms with Crippen LogP contribution in [0.3, 0.4) is 0 Å². The van der Waals surface area contributed by atoms with Crippen LogP contribution in [0.4, 0.5) is 0 Å². The number of hydrogen-bond acceptors (Lipinski definition) is 5. The Balaban J connectivity index is 1.87. The van der Waals surface area contributed by atoms with Gasteiger partial charge in [-0.1, -0.05) is 12.1 Å². The second kappa shape index (κ2) is 7.59. The summed E-state index contributed by atoms with van der Waals surface area (Å²) >= 11 is 0. The van der Waals surface area contributed by atoms with Crippen LogP contribution in [0.25, 0.3) is 0 Å². The summed E-state index contributed by atoms with van der Waals surface area (Å²) in [5.41, 5.74) is 0.383. The first-order chi connectivity index (χ1) is 10.5. The lowest BCUT2D eigenvalue weighted by Crippen LogP contribution is -2.54. The van der Waals surface area contributed by atoms with Crippen LogP contribution < -0.4 is 4.74 Å². The standard InChI is InChI=1S/C17H24N2O3/c1-17(2)13-19(11-15(22-17)12-20-3)8-9-21-16-7-5-4-6-14(16)10-18/h4-7,15H,8-9,11-13H2,1-3H3/t15-/m0/s1. The number of methoxy groups -OCH3 is 1. The Labute approximate surface area is 132 Å². The van der Waals surface area contributed by atoms with E-state index in [0.29, 0.717) is 24.5 Å². The largest absolute Gasteiger partial charge is 0.491 e. The zero-order valence-electron chi connectivity index (χ0n) is 13.5. The minimum Gasteiger partial charge on any atom is -0.491 e. The minimum atomic E-state index is -0.188. The maximum absolute atomic E-state index is 9.06. The Morgan fingerprint density at radius 1 is 1.41 bits per heavy atom. The van der Waals surface area contributed by atoms with Gasteiger partial charge in [-0.3, -0.25) is 4.90 Å². The Hall–Kier alpha value is -1.61. The van der Waals surface area contributed by atoms with E-state index in [1.807, 2.05) is 18.2 Å². The number of nitriles is 1. The molecule has 1 atom stereocenters. The van der Waals surface area contributed by atoms with Crippen molar-refractivity contribution < 1.29 is 14.2 Å². The monoisotopic (exact) mass is 304 g/mol. The molecule has 0 radical (unpaired) electrons. The average Bonchev–Trinajstić information content (AvgIpc) is 2.46. The van der Waals surface area contributed by atoms with E-state index in [0.717, 1.165) is 19.6 Å². The van der Waals surface area contributed by atoms with Gasteiger partial charge >= 0.3 is 0 Å². The molecule has 2 rings (SSSR count). The fraction of sp³-hybridized carbons (Fsp3) is 0.588. The molecule has 0 saturated carbocycles. The average molecular weight is 304 g/mol. The number of hydrogen-bond donors (Lipinski definition) is 0. The van der Waals surface area contributed by atoms with E-state index in [2.05, 4.69) is 24.8 Å². The van der Waals surface area contributed by atoms with E-state index in [9.17, 15) is 0 Å². The molecule has 1 aliphatic rings. The highest BCUT2D eigenvalue weighted by Gasteiger charge is 2.33. The van der Waals surface area contributed by atoms with E-state index in [1.165, 1.54) is 0 Å². The molecule has 5 heteroatoms. The molecule has 0 N–H and O–H groups in total. The molecular weight excluding hydrogens is 280 g/mol. The number of morpholine rings is 1. The first kappa shape index (κ1) is 16.8. The van der Waals surface area contributed by atoms with Gasteiger partial charge in [0, 0.05) is 26.7 Å². The van der Waals surface area contributed by atoms with Crippen LogP contribution in [0, 0.1) is 11.3 Å². The lowest BCUT2D eigenvalue weighted by molar-refractivity contribution is -0.153. The molecule has 0 aliphatic carbocycles. The maximum Gasteiger partial charge on any atom is 0.137 e. The van der Waals surface area contributed by atoms with E-state index < -0.39 is 0 Å². The first-order valence-corrected chi connectivity index (χ1v) is 7.55. The first-order valence-electron chi connectivity index (χ1n) is 7.55. The predicted octanol–water partition coefficient (Wildman–Crippen LogP) is 2.06. The number of benzene rings is 1. The van der Waals surface area contributed by atoms with Crippen LogP contribution in [-0.4, -0.2) is 56.6 Å². The Morgan fingerprint density at radius 3 is 2.91 bits per heavy atom. The molecule has 22 heavy (non-hydrogen) atoms. The summed E-state index contributed by atoms with van der Waals surface area (Å²) in [6, 6.07) is 9.46. The van der Waals surface area contributed by atoms with E-state index in [4.69, 9.17) is 19.5 Å². The summed E-state index contributed by atoms with van der Waals surface area (Å²) in [5, 5.41) is 9.06. The van der Waals surface area contributed by atoms with Crippen LogP contribution in [0.5, 0.6) is 5.75 Å². The zero-order valence-corrected chi connectivity index (χ0v) is 13.5. The molecule has 1 aromatic rings. The summed E-state index contributed by atoms with van der Waals surface area (Å²) < 4.78 is 17.0. The van der Waals surface area contributed by atoms with Gasteiger partial charge in [0.2, 0.25) is 0 Å². The Morgan fingerprint density at radius 2 is 2.18 bits per heavy atom. The lowest BCUT2D eigenvalue weighted by atomic mass is 10.1. The van der Waals surface area contributed by atoms with Gasteiger partial charge in [0.15, 0.2) is 0 Å². The minimum absolute atomic E-state index is 0.0835. The van der Waals surface area contributed by atoms with Crippen molar-refractivity contribution in [2.24, 2.45) is 0 Å². The summed E-state index contributed by atoms with van der Waals surface area (Å²) in [7, 11) is 1.69. The molecule has 0 bridgehead atoms. The van der Waals surface area contributed by atoms with E-state index >= 15 is 0 Å². The van der Waals surface area contributed by atoms with Crippen molar-refractivity contribution >= 4 is 0 Å². The molecule has 0 unspecified atom stereocenters. The van der Waals surface area contributed by atoms with Crippen molar-refractivity contribution in [2.75, 3.05) is 40.0 Å². The third kappa shape index (κ3) is 4.70. The fourth-order valence-corrected chi connectivity index (χ4v) is 2.83. The molecule has 120 valence electrons. The summed E-state index contributed by atoms with van der Waals surface area (Å²) in [4.78, 5) is 2.32. The number of ether oxygens (including phenoxy) is 3. The van der Waals surface area contributed by atoms with Crippen molar-refractivity contribution in [1.82, 2.24) is 4.90 Å². The molecule has 0 aromatic heterocycles. The van der Waals surface area contributed by atoms with Crippen LogP contribution in [0.15, 0.2) is 24.3 Å².